The number of hydrogen-bond acceptors (Lipinski definition) is 4. The number of rotatable bonds is 2. The van der Waals surface area contributed by atoms with Gasteiger partial charge in [-0.05, 0) is 19.1 Å². The second-order valence-corrected chi connectivity index (χ2v) is 3.79. The fraction of sp³-hybridized carbons (Fsp3) is 0.500. The molecule has 1 aliphatic rings. The third kappa shape index (κ3) is 1.71. The van der Waals surface area contributed by atoms with Crippen LogP contribution in [0.1, 0.15) is 18.7 Å². The number of anilines is 1. The summed E-state index contributed by atoms with van der Waals surface area (Å²) < 4.78 is 0. The van der Waals surface area contributed by atoms with Crippen molar-refractivity contribution in [2.24, 2.45) is 5.73 Å². The molecule has 0 spiro atoms. The molecule has 3 N–H and O–H groups in total. The number of β-amino-alcohol motifs (C(OH)–C–C–N with tert-alkyl or cyclic N) is 1. The number of pyridine rings is 1. The molecule has 4 nitrogen and oxygen atoms in total. The molecule has 0 aromatic carbocycles. The van der Waals surface area contributed by atoms with Gasteiger partial charge in [0, 0.05) is 19.1 Å². The van der Waals surface area contributed by atoms with Gasteiger partial charge in [0.05, 0.1) is 23.7 Å². The van der Waals surface area contributed by atoms with Crippen molar-refractivity contribution in [2.75, 3.05) is 18.0 Å². The molecule has 0 unspecified atom stereocenters. The molecule has 4 heteroatoms. The zero-order valence-electron chi connectivity index (χ0n) is 8.22. The van der Waals surface area contributed by atoms with Crippen LogP contribution in [-0.2, 0) is 0 Å². The quantitative estimate of drug-likeness (QED) is 0.708. The molecule has 14 heavy (non-hydrogen) atoms. The lowest BCUT2D eigenvalue weighted by Gasteiger charge is -2.37. The lowest BCUT2D eigenvalue weighted by molar-refractivity contribution is 0.142. The van der Waals surface area contributed by atoms with Crippen molar-refractivity contribution in [1.29, 1.82) is 0 Å². The summed E-state index contributed by atoms with van der Waals surface area (Å²) in [6.07, 6.45) is 1.63. The Morgan fingerprint density at radius 2 is 2.29 bits per heavy atom. The molecule has 0 aliphatic carbocycles. The minimum atomic E-state index is -0.178. The van der Waals surface area contributed by atoms with E-state index in [1.54, 1.807) is 0 Å². The summed E-state index contributed by atoms with van der Waals surface area (Å²) in [5.74, 6) is 0. The standard InChI is InChI=1S/C10H15N3O/c1-7(11)10-3-2-8(4-12-10)13-5-9(14)6-13/h2-4,7,9,14H,5-6,11H2,1H3/t7-/m1/s1. The van der Waals surface area contributed by atoms with Crippen molar-refractivity contribution in [2.45, 2.75) is 19.1 Å². The number of nitrogens with zero attached hydrogens (tertiary/aromatic N) is 2. The number of hydrogen-bond donors (Lipinski definition) is 2. The van der Waals surface area contributed by atoms with E-state index in [2.05, 4.69) is 9.88 Å². The lowest BCUT2D eigenvalue weighted by atomic mass is 10.1. The van der Waals surface area contributed by atoms with Gasteiger partial charge in [-0.15, -0.1) is 0 Å². The number of aliphatic hydroxyl groups excluding tert-OH is 1. The van der Waals surface area contributed by atoms with Gasteiger partial charge < -0.3 is 15.7 Å². The minimum Gasteiger partial charge on any atom is -0.389 e. The van der Waals surface area contributed by atoms with Crippen LogP contribution in [0, 0.1) is 0 Å². The van der Waals surface area contributed by atoms with E-state index >= 15 is 0 Å². The zero-order chi connectivity index (χ0) is 10.1. The third-order valence-electron chi connectivity index (χ3n) is 2.46. The fourth-order valence-corrected chi connectivity index (χ4v) is 1.52. The summed E-state index contributed by atoms with van der Waals surface area (Å²) in [6, 6.07) is 3.91. The summed E-state index contributed by atoms with van der Waals surface area (Å²) in [5, 5.41) is 9.14. The Labute approximate surface area is 83.4 Å². The molecule has 0 saturated carbocycles. The van der Waals surface area contributed by atoms with Gasteiger partial charge in [0.2, 0.25) is 0 Å². The smallest absolute Gasteiger partial charge is 0.0889 e. The first-order valence-electron chi connectivity index (χ1n) is 4.81. The van der Waals surface area contributed by atoms with Crippen LogP contribution >= 0.6 is 0 Å². The zero-order valence-corrected chi connectivity index (χ0v) is 8.22. The minimum absolute atomic E-state index is 0.0222. The fourth-order valence-electron chi connectivity index (χ4n) is 1.52. The molecule has 1 aromatic heterocycles. The maximum absolute atomic E-state index is 9.14. The van der Waals surface area contributed by atoms with E-state index in [4.69, 9.17) is 10.8 Å². The monoisotopic (exact) mass is 193 g/mol. The van der Waals surface area contributed by atoms with Crippen molar-refractivity contribution in [3.8, 4) is 0 Å². The Morgan fingerprint density at radius 3 is 2.71 bits per heavy atom. The second-order valence-electron chi connectivity index (χ2n) is 3.79. The van der Waals surface area contributed by atoms with Crippen molar-refractivity contribution in [1.82, 2.24) is 4.98 Å². The second kappa shape index (κ2) is 3.55. The highest BCUT2D eigenvalue weighted by Crippen LogP contribution is 2.20. The highest BCUT2D eigenvalue weighted by atomic mass is 16.3. The summed E-state index contributed by atoms with van der Waals surface area (Å²) >= 11 is 0. The van der Waals surface area contributed by atoms with Crippen molar-refractivity contribution < 1.29 is 5.11 Å². The Hall–Kier alpha value is -1.13. The van der Waals surface area contributed by atoms with Crippen LogP contribution in [0.3, 0.4) is 0 Å². The predicted octanol–water partition coefficient (Wildman–Crippen LogP) is 0.282. The average molecular weight is 193 g/mol. The van der Waals surface area contributed by atoms with E-state index in [0.717, 1.165) is 11.4 Å². The van der Waals surface area contributed by atoms with Crippen molar-refractivity contribution in [3.05, 3.63) is 24.0 Å². The molecule has 0 amide bonds. The average Bonchev–Trinajstić information content (AvgIpc) is 2.13. The normalized spacial score (nSPS) is 19.2. The molecule has 1 aliphatic heterocycles. The lowest BCUT2D eigenvalue weighted by Crippen LogP contribution is -2.50. The molecule has 1 fully saturated rings. The topological polar surface area (TPSA) is 62.4 Å². The van der Waals surface area contributed by atoms with Gasteiger partial charge in [-0.25, -0.2) is 0 Å². The van der Waals surface area contributed by atoms with Crippen LogP contribution in [0.4, 0.5) is 5.69 Å². The highest BCUT2D eigenvalue weighted by Gasteiger charge is 2.24. The maximum atomic E-state index is 9.14. The van der Waals surface area contributed by atoms with Crippen LogP contribution in [0.2, 0.25) is 0 Å². The van der Waals surface area contributed by atoms with Gasteiger partial charge in [0.25, 0.3) is 0 Å². The molecule has 1 aromatic rings. The van der Waals surface area contributed by atoms with Gasteiger partial charge in [-0.3, -0.25) is 4.98 Å². The van der Waals surface area contributed by atoms with Crippen LogP contribution < -0.4 is 10.6 Å². The van der Waals surface area contributed by atoms with Gasteiger partial charge in [-0.1, -0.05) is 0 Å². The Morgan fingerprint density at radius 1 is 1.57 bits per heavy atom. The Kier molecular flexibility index (Phi) is 2.39. The van der Waals surface area contributed by atoms with E-state index in [-0.39, 0.29) is 12.1 Å². The summed E-state index contributed by atoms with van der Waals surface area (Å²) in [5.41, 5.74) is 7.65. The van der Waals surface area contributed by atoms with E-state index in [9.17, 15) is 0 Å². The first-order chi connectivity index (χ1) is 6.66. The molecule has 76 valence electrons. The first kappa shape index (κ1) is 9.43. The molecule has 1 saturated heterocycles. The van der Waals surface area contributed by atoms with Gasteiger partial charge in [0.15, 0.2) is 0 Å². The van der Waals surface area contributed by atoms with E-state index in [1.807, 2.05) is 25.3 Å². The summed E-state index contributed by atoms with van der Waals surface area (Å²) in [6.45, 7) is 3.33. The van der Waals surface area contributed by atoms with Crippen LogP contribution in [-0.4, -0.2) is 29.3 Å². The van der Waals surface area contributed by atoms with Crippen LogP contribution in [0.25, 0.3) is 0 Å². The number of aromatic nitrogens is 1. The Bertz CT molecular complexity index is 304. The number of aliphatic hydroxyl groups is 1. The highest BCUT2D eigenvalue weighted by molar-refractivity contribution is 5.47. The van der Waals surface area contributed by atoms with Gasteiger partial charge >= 0.3 is 0 Å². The summed E-state index contributed by atoms with van der Waals surface area (Å²) in [7, 11) is 0. The SMILES string of the molecule is C[C@@H](N)c1ccc(N2CC(O)C2)cn1. The molecular weight excluding hydrogens is 178 g/mol. The van der Waals surface area contributed by atoms with E-state index in [0.29, 0.717) is 13.1 Å². The maximum Gasteiger partial charge on any atom is 0.0889 e. The summed E-state index contributed by atoms with van der Waals surface area (Å²) in [4.78, 5) is 6.34. The molecular formula is C10H15N3O. The largest absolute Gasteiger partial charge is 0.389 e. The van der Waals surface area contributed by atoms with Crippen molar-refractivity contribution in [3.63, 3.8) is 0 Å². The predicted molar refractivity (Wildman–Crippen MR) is 55.1 cm³/mol. The van der Waals surface area contributed by atoms with E-state index in [1.165, 1.54) is 0 Å². The first-order valence-corrected chi connectivity index (χ1v) is 4.81. The number of nitrogens with two attached hydrogens (primary N) is 1. The Balaban J connectivity index is 2.07. The third-order valence-corrected chi connectivity index (χ3v) is 2.46. The molecule has 0 bridgehead atoms. The van der Waals surface area contributed by atoms with Gasteiger partial charge in [-0.2, -0.15) is 0 Å². The van der Waals surface area contributed by atoms with Gasteiger partial charge in [0.1, 0.15) is 0 Å². The van der Waals surface area contributed by atoms with E-state index < -0.39 is 0 Å². The van der Waals surface area contributed by atoms with Crippen molar-refractivity contribution >= 4 is 5.69 Å². The molecule has 2 rings (SSSR count). The molecule has 1 atom stereocenters. The van der Waals surface area contributed by atoms with Crippen LogP contribution in [0.5, 0.6) is 0 Å². The molecule has 2 heterocycles. The van der Waals surface area contributed by atoms with Crippen LogP contribution in [0.15, 0.2) is 18.3 Å². The molecule has 0 radical (unpaired) electrons.